The quantitative estimate of drug-likeness (QED) is 0.188. The van der Waals surface area contributed by atoms with Crippen molar-refractivity contribution in [3.63, 3.8) is 0 Å². The summed E-state index contributed by atoms with van der Waals surface area (Å²) in [5, 5.41) is 12.5. The Balaban J connectivity index is 1.02. The zero-order chi connectivity index (χ0) is 29.5. The third-order valence-electron chi connectivity index (χ3n) is 9.59. The fraction of sp³-hybridized carbons (Fsp3) is 0. The third-order valence-corrected chi connectivity index (χ3v) is 9.59. The van der Waals surface area contributed by atoms with Gasteiger partial charge in [-0.15, -0.1) is 0 Å². The Morgan fingerprint density at radius 1 is 0.289 bits per heavy atom. The average Bonchev–Trinajstić information content (AvgIpc) is 3.10. The van der Waals surface area contributed by atoms with Crippen LogP contribution in [0.1, 0.15) is 0 Å². The molecule has 1 nitrogen and oxygen atoms in total. The van der Waals surface area contributed by atoms with E-state index < -0.39 is 0 Å². The molecule has 0 aromatic heterocycles. The minimum absolute atomic E-state index is 0.905. The second kappa shape index (κ2) is 9.29. The summed E-state index contributed by atoms with van der Waals surface area (Å²) in [5.74, 6) is 1.83. The van der Waals surface area contributed by atoms with Gasteiger partial charge in [-0.05, 0) is 113 Å². The van der Waals surface area contributed by atoms with Crippen LogP contribution in [0.5, 0.6) is 11.5 Å². The summed E-state index contributed by atoms with van der Waals surface area (Å²) in [7, 11) is 0. The lowest BCUT2D eigenvalue weighted by Gasteiger charge is -2.23. The van der Waals surface area contributed by atoms with E-state index in [9.17, 15) is 0 Å². The van der Waals surface area contributed by atoms with Gasteiger partial charge in [-0.3, -0.25) is 0 Å². The van der Waals surface area contributed by atoms with Crippen LogP contribution in [-0.2, 0) is 0 Å². The molecule has 0 saturated carbocycles. The molecule has 1 heteroatoms. The SMILES string of the molecule is c1ccc2c(c1)ccc1cc(-c3ccc4cc(-c5ccc6c(c5)Oc5cc7ccccc7c7cccc-6c57)ccc4c3)ccc12. The number of rotatable bonds is 2. The maximum absolute atomic E-state index is 6.63. The molecule has 0 amide bonds. The molecule has 208 valence electrons. The highest BCUT2D eigenvalue weighted by molar-refractivity contribution is 6.16. The van der Waals surface area contributed by atoms with Crippen LogP contribution >= 0.6 is 0 Å². The molecular formula is C44H26O. The van der Waals surface area contributed by atoms with Gasteiger partial charge in [0.05, 0.1) is 0 Å². The zero-order valence-corrected chi connectivity index (χ0v) is 24.4. The Kier molecular flexibility index (Phi) is 5.06. The van der Waals surface area contributed by atoms with E-state index in [-0.39, 0.29) is 0 Å². The first kappa shape index (κ1) is 24.5. The van der Waals surface area contributed by atoms with Crippen LogP contribution in [0.2, 0.25) is 0 Å². The fourth-order valence-electron chi connectivity index (χ4n) is 7.35. The van der Waals surface area contributed by atoms with E-state index >= 15 is 0 Å². The lowest BCUT2D eigenvalue weighted by molar-refractivity contribution is 0.488. The summed E-state index contributed by atoms with van der Waals surface area (Å²) in [6, 6.07) is 57.4. The van der Waals surface area contributed by atoms with Crippen molar-refractivity contribution in [2.75, 3.05) is 0 Å². The Morgan fingerprint density at radius 3 is 1.62 bits per heavy atom. The largest absolute Gasteiger partial charge is 0.456 e. The topological polar surface area (TPSA) is 9.23 Å². The Morgan fingerprint density at radius 2 is 0.822 bits per heavy atom. The van der Waals surface area contributed by atoms with Gasteiger partial charge in [-0.2, -0.15) is 0 Å². The molecule has 0 N–H and O–H groups in total. The first-order valence-electron chi connectivity index (χ1n) is 15.5. The van der Waals surface area contributed by atoms with Gasteiger partial charge >= 0.3 is 0 Å². The second-order valence-electron chi connectivity index (χ2n) is 12.1. The third kappa shape index (κ3) is 3.74. The molecule has 0 unspecified atom stereocenters. The first-order valence-corrected chi connectivity index (χ1v) is 15.5. The molecule has 9 aromatic carbocycles. The summed E-state index contributed by atoms with van der Waals surface area (Å²) >= 11 is 0. The Bertz CT molecular complexity index is 2680. The van der Waals surface area contributed by atoms with Crippen molar-refractivity contribution in [2.24, 2.45) is 0 Å². The molecular weight excluding hydrogens is 544 g/mol. The summed E-state index contributed by atoms with van der Waals surface area (Å²) in [6.07, 6.45) is 0. The molecule has 0 bridgehead atoms. The average molecular weight is 571 g/mol. The van der Waals surface area contributed by atoms with Crippen molar-refractivity contribution in [3.05, 3.63) is 158 Å². The van der Waals surface area contributed by atoms with Crippen molar-refractivity contribution < 1.29 is 4.74 Å². The molecule has 0 atom stereocenters. The van der Waals surface area contributed by atoms with Crippen LogP contribution in [0.15, 0.2) is 158 Å². The van der Waals surface area contributed by atoms with Crippen LogP contribution in [0.4, 0.5) is 0 Å². The highest BCUT2D eigenvalue weighted by Gasteiger charge is 2.22. The monoisotopic (exact) mass is 570 g/mol. The van der Waals surface area contributed by atoms with E-state index in [1.807, 2.05) is 0 Å². The summed E-state index contributed by atoms with van der Waals surface area (Å²) < 4.78 is 6.63. The maximum atomic E-state index is 6.63. The van der Waals surface area contributed by atoms with Crippen molar-refractivity contribution in [1.29, 1.82) is 0 Å². The van der Waals surface area contributed by atoms with Gasteiger partial charge in [0.1, 0.15) is 11.5 Å². The first-order chi connectivity index (χ1) is 22.3. The van der Waals surface area contributed by atoms with Gasteiger partial charge in [-0.25, -0.2) is 0 Å². The zero-order valence-electron chi connectivity index (χ0n) is 24.4. The van der Waals surface area contributed by atoms with Crippen molar-refractivity contribution in [2.45, 2.75) is 0 Å². The van der Waals surface area contributed by atoms with E-state index in [0.717, 1.165) is 22.6 Å². The number of fused-ring (bicyclic) bond motifs is 8. The normalized spacial score (nSPS) is 12.2. The van der Waals surface area contributed by atoms with Crippen LogP contribution < -0.4 is 4.74 Å². The number of hydrogen-bond donors (Lipinski definition) is 0. The molecule has 9 aromatic rings. The number of ether oxygens (including phenoxy) is 1. The molecule has 0 radical (unpaired) electrons. The highest BCUT2D eigenvalue weighted by Crippen LogP contribution is 2.49. The summed E-state index contributed by atoms with van der Waals surface area (Å²) in [5.41, 5.74) is 7.17. The minimum Gasteiger partial charge on any atom is -0.456 e. The standard InChI is InChI=1S/C44H26O/c1-3-8-36-27(6-1)12-17-35-24-32(18-20-38(35)36)30-14-13-29-23-31(16-15-28(29)22-30)33-19-21-39-41-11-5-10-40-37-9-4-2-7-34(37)26-43(44(40)41)45-42(39)25-33/h1-26H. The van der Waals surface area contributed by atoms with Gasteiger partial charge in [0, 0.05) is 10.9 Å². The maximum Gasteiger partial charge on any atom is 0.136 e. The molecule has 1 aliphatic heterocycles. The van der Waals surface area contributed by atoms with Crippen LogP contribution in [-0.4, -0.2) is 0 Å². The lowest BCUT2D eigenvalue weighted by Crippen LogP contribution is -1.98. The molecule has 1 heterocycles. The molecule has 10 rings (SSSR count). The number of hydrogen-bond acceptors (Lipinski definition) is 1. The molecule has 45 heavy (non-hydrogen) atoms. The molecule has 0 fully saturated rings. The predicted octanol–water partition coefficient (Wildman–Crippen LogP) is 12.6. The fourth-order valence-corrected chi connectivity index (χ4v) is 7.35. The van der Waals surface area contributed by atoms with Gasteiger partial charge in [0.25, 0.3) is 0 Å². The predicted molar refractivity (Wildman–Crippen MR) is 190 cm³/mol. The van der Waals surface area contributed by atoms with Crippen molar-refractivity contribution in [1.82, 2.24) is 0 Å². The van der Waals surface area contributed by atoms with Gasteiger partial charge in [0.2, 0.25) is 0 Å². The second-order valence-corrected chi connectivity index (χ2v) is 12.1. The molecule has 0 spiro atoms. The van der Waals surface area contributed by atoms with Crippen LogP contribution in [0.25, 0.3) is 87.2 Å². The van der Waals surface area contributed by atoms with E-state index in [1.165, 1.54) is 76.1 Å². The van der Waals surface area contributed by atoms with Gasteiger partial charge < -0.3 is 4.74 Å². The highest BCUT2D eigenvalue weighted by atomic mass is 16.5. The van der Waals surface area contributed by atoms with E-state index in [0.29, 0.717) is 0 Å². The summed E-state index contributed by atoms with van der Waals surface area (Å²) in [4.78, 5) is 0. The van der Waals surface area contributed by atoms with Crippen molar-refractivity contribution >= 4 is 53.9 Å². The summed E-state index contributed by atoms with van der Waals surface area (Å²) in [6.45, 7) is 0. The Labute approximate surface area is 260 Å². The van der Waals surface area contributed by atoms with E-state index in [2.05, 4.69) is 158 Å². The number of benzene rings is 9. The van der Waals surface area contributed by atoms with Crippen molar-refractivity contribution in [3.8, 4) is 44.9 Å². The van der Waals surface area contributed by atoms with Crippen LogP contribution in [0.3, 0.4) is 0 Å². The van der Waals surface area contributed by atoms with E-state index in [1.54, 1.807) is 0 Å². The minimum atomic E-state index is 0.905. The van der Waals surface area contributed by atoms with Gasteiger partial charge in [0.15, 0.2) is 0 Å². The Hall–Kier alpha value is -5.92. The molecule has 0 saturated heterocycles. The van der Waals surface area contributed by atoms with Gasteiger partial charge in [-0.1, -0.05) is 121 Å². The lowest BCUT2D eigenvalue weighted by atomic mass is 9.90. The smallest absolute Gasteiger partial charge is 0.136 e. The van der Waals surface area contributed by atoms with E-state index in [4.69, 9.17) is 4.74 Å². The van der Waals surface area contributed by atoms with Crippen LogP contribution in [0, 0.1) is 0 Å². The molecule has 1 aliphatic rings. The molecule has 0 aliphatic carbocycles.